The molecule has 41 heavy (non-hydrogen) atoms. The summed E-state index contributed by atoms with van der Waals surface area (Å²) in [6.45, 7) is 2.69. The second-order valence-electron chi connectivity index (χ2n) is 9.68. The third-order valence-corrected chi connectivity index (χ3v) is 8.62. The molecule has 3 aromatic carbocycles. The van der Waals surface area contributed by atoms with Gasteiger partial charge in [-0.15, -0.1) is 0 Å². The smallest absolute Gasteiger partial charge is 0.243 e. The van der Waals surface area contributed by atoms with Crippen molar-refractivity contribution in [2.45, 2.75) is 45.2 Å². The molecule has 220 valence electrons. The van der Waals surface area contributed by atoms with Crippen LogP contribution >= 0.6 is 39.1 Å². The molecule has 0 heterocycles. The fourth-order valence-electron chi connectivity index (χ4n) is 4.41. The van der Waals surface area contributed by atoms with Gasteiger partial charge in [-0.1, -0.05) is 88.5 Å². The summed E-state index contributed by atoms with van der Waals surface area (Å²) in [6, 6.07) is 21.0. The van der Waals surface area contributed by atoms with Crippen LogP contribution in [0.25, 0.3) is 0 Å². The van der Waals surface area contributed by atoms with Crippen LogP contribution in [0.15, 0.2) is 77.3 Å². The lowest BCUT2D eigenvalue weighted by molar-refractivity contribution is -0.141. The summed E-state index contributed by atoms with van der Waals surface area (Å²) in [5, 5.41) is 3.53. The highest BCUT2D eigenvalue weighted by atomic mass is 79.9. The molecule has 0 aliphatic carbocycles. The summed E-state index contributed by atoms with van der Waals surface area (Å²) >= 11 is 15.9. The molecular formula is C30H34BrCl2N3O4S. The Labute approximate surface area is 261 Å². The Kier molecular flexibility index (Phi) is 12.5. The molecule has 0 aliphatic rings. The predicted molar refractivity (Wildman–Crippen MR) is 170 cm³/mol. The standard InChI is InChI=1S/C30H34BrCl2N3O4S/c1-3-16-34-30(38)28(19-22-9-5-4-6-10-22)35(21-23-11-7-12-24(31)18-23)29(37)13-8-17-36(41(2,39)40)27-20-25(32)14-15-26(27)33/h4-7,9-12,14-15,18,20,28H,3,8,13,16-17,19,21H2,1-2H3,(H,34,38)/t28-/m1/s1. The van der Waals surface area contributed by atoms with Gasteiger partial charge in [-0.25, -0.2) is 8.42 Å². The van der Waals surface area contributed by atoms with E-state index in [0.29, 0.717) is 18.0 Å². The fraction of sp³-hybridized carbons (Fsp3) is 0.333. The van der Waals surface area contributed by atoms with E-state index in [9.17, 15) is 18.0 Å². The summed E-state index contributed by atoms with van der Waals surface area (Å²) in [7, 11) is -3.71. The molecule has 0 radical (unpaired) electrons. The van der Waals surface area contributed by atoms with Crippen molar-refractivity contribution >= 4 is 66.7 Å². The van der Waals surface area contributed by atoms with E-state index in [4.69, 9.17) is 23.2 Å². The normalized spacial score (nSPS) is 12.0. The number of carbonyl (C=O) groups excluding carboxylic acids is 2. The number of amides is 2. The van der Waals surface area contributed by atoms with Crippen LogP contribution in [0.3, 0.4) is 0 Å². The Hall–Kier alpha value is -2.59. The van der Waals surface area contributed by atoms with Gasteiger partial charge in [0, 0.05) is 42.0 Å². The first kappa shape index (κ1) is 32.9. The van der Waals surface area contributed by atoms with Crippen LogP contribution in [0.4, 0.5) is 5.69 Å². The molecule has 2 amide bonds. The second-order valence-corrected chi connectivity index (χ2v) is 13.3. The number of carbonyl (C=O) groups is 2. The zero-order valence-corrected chi connectivity index (χ0v) is 26.9. The lowest BCUT2D eigenvalue weighted by Gasteiger charge is -2.32. The van der Waals surface area contributed by atoms with Gasteiger partial charge in [0.15, 0.2) is 0 Å². The molecule has 11 heteroatoms. The van der Waals surface area contributed by atoms with Crippen molar-refractivity contribution in [1.29, 1.82) is 0 Å². The highest BCUT2D eigenvalue weighted by Gasteiger charge is 2.30. The van der Waals surface area contributed by atoms with Crippen molar-refractivity contribution in [2.75, 3.05) is 23.7 Å². The second kappa shape index (κ2) is 15.6. The van der Waals surface area contributed by atoms with Crippen LogP contribution in [0.1, 0.15) is 37.3 Å². The average Bonchev–Trinajstić information content (AvgIpc) is 2.93. The van der Waals surface area contributed by atoms with E-state index in [1.165, 1.54) is 12.1 Å². The number of anilines is 1. The molecule has 0 spiro atoms. The SMILES string of the molecule is CCCNC(=O)[C@@H](Cc1ccccc1)N(Cc1cccc(Br)c1)C(=O)CCCN(c1cc(Cl)ccc1Cl)S(C)(=O)=O. The third kappa shape index (κ3) is 10.0. The van der Waals surface area contributed by atoms with Gasteiger partial charge in [-0.2, -0.15) is 0 Å². The van der Waals surface area contributed by atoms with E-state index >= 15 is 0 Å². The Morgan fingerprint density at radius 2 is 1.68 bits per heavy atom. The van der Waals surface area contributed by atoms with E-state index in [-0.39, 0.29) is 48.5 Å². The number of benzene rings is 3. The molecule has 3 aromatic rings. The van der Waals surface area contributed by atoms with Crippen LogP contribution in [0.5, 0.6) is 0 Å². The first-order valence-corrected chi connectivity index (χ1v) is 16.7. The van der Waals surface area contributed by atoms with Crippen molar-refractivity contribution < 1.29 is 18.0 Å². The molecule has 0 unspecified atom stereocenters. The average molecular weight is 683 g/mol. The minimum absolute atomic E-state index is 0.0146. The molecule has 0 saturated carbocycles. The summed E-state index contributed by atoms with van der Waals surface area (Å²) in [6.07, 6.45) is 2.41. The van der Waals surface area contributed by atoms with Gasteiger partial charge >= 0.3 is 0 Å². The van der Waals surface area contributed by atoms with Crippen LogP contribution in [0, 0.1) is 0 Å². The maximum Gasteiger partial charge on any atom is 0.243 e. The minimum atomic E-state index is -3.71. The zero-order chi connectivity index (χ0) is 30.0. The summed E-state index contributed by atoms with van der Waals surface area (Å²) in [5.74, 6) is -0.495. The maximum atomic E-state index is 13.9. The minimum Gasteiger partial charge on any atom is -0.354 e. The van der Waals surface area contributed by atoms with Crippen molar-refractivity contribution in [3.8, 4) is 0 Å². The number of rotatable bonds is 14. The van der Waals surface area contributed by atoms with Crippen molar-refractivity contribution in [1.82, 2.24) is 10.2 Å². The highest BCUT2D eigenvalue weighted by molar-refractivity contribution is 9.10. The van der Waals surface area contributed by atoms with Crippen LogP contribution in [-0.2, 0) is 32.6 Å². The molecule has 0 bridgehead atoms. The lowest BCUT2D eigenvalue weighted by Crippen LogP contribution is -2.50. The van der Waals surface area contributed by atoms with Crippen LogP contribution < -0.4 is 9.62 Å². The van der Waals surface area contributed by atoms with Gasteiger partial charge in [-0.05, 0) is 54.3 Å². The van der Waals surface area contributed by atoms with Gasteiger partial charge in [0.2, 0.25) is 21.8 Å². The Bertz CT molecular complexity index is 1440. The first-order valence-electron chi connectivity index (χ1n) is 13.3. The van der Waals surface area contributed by atoms with Crippen LogP contribution in [-0.4, -0.2) is 50.5 Å². The molecule has 0 aliphatic heterocycles. The van der Waals surface area contributed by atoms with E-state index in [2.05, 4.69) is 21.2 Å². The monoisotopic (exact) mass is 681 g/mol. The molecule has 1 N–H and O–H groups in total. The van der Waals surface area contributed by atoms with Crippen LogP contribution in [0.2, 0.25) is 10.0 Å². The lowest BCUT2D eigenvalue weighted by atomic mass is 10.0. The summed E-state index contributed by atoms with van der Waals surface area (Å²) in [4.78, 5) is 28.9. The van der Waals surface area contributed by atoms with Crippen molar-refractivity contribution in [3.63, 3.8) is 0 Å². The van der Waals surface area contributed by atoms with Crippen molar-refractivity contribution in [2.24, 2.45) is 0 Å². The van der Waals surface area contributed by atoms with Gasteiger partial charge in [-0.3, -0.25) is 13.9 Å². The van der Waals surface area contributed by atoms with E-state index in [1.54, 1.807) is 11.0 Å². The Morgan fingerprint density at radius 1 is 0.976 bits per heavy atom. The largest absolute Gasteiger partial charge is 0.354 e. The number of sulfonamides is 1. The molecule has 0 fully saturated rings. The summed E-state index contributed by atoms with van der Waals surface area (Å²) < 4.78 is 27.3. The molecule has 3 rings (SSSR count). The molecular weight excluding hydrogens is 649 g/mol. The van der Waals surface area contributed by atoms with Gasteiger partial charge in [0.05, 0.1) is 17.0 Å². The molecule has 1 atom stereocenters. The first-order chi connectivity index (χ1) is 19.5. The van der Waals surface area contributed by atoms with E-state index in [1.807, 2.05) is 61.5 Å². The maximum absolute atomic E-state index is 13.9. The van der Waals surface area contributed by atoms with Crippen molar-refractivity contribution in [3.05, 3.63) is 98.4 Å². The van der Waals surface area contributed by atoms with E-state index < -0.39 is 16.1 Å². The number of hydrogen-bond acceptors (Lipinski definition) is 4. The van der Waals surface area contributed by atoms with Gasteiger partial charge < -0.3 is 10.2 Å². The number of nitrogens with zero attached hydrogens (tertiary/aromatic N) is 2. The topological polar surface area (TPSA) is 86.8 Å². The molecule has 7 nitrogen and oxygen atoms in total. The predicted octanol–water partition coefficient (Wildman–Crippen LogP) is 6.47. The highest BCUT2D eigenvalue weighted by Crippen LogP contribution is 2.31. The van der Waals surface area contributed by atoms with Gasteiger partial charge in [0.25, 0.3) is 0 Å². The quantitative estimate of drug-likeness (QED) is 0.211. The number of halogens is 3. The molecule has 0 aromatic heterocycles. The Balaban J connectivity index is 1.89. The Morgan fingerprint density at radius 3 is 2.34 bits per heavy atom. The zero-order valence-electron chi connectivity index (χ0n) is 23.0. The third-order valence-electron chi connectivity index (χ3n) is 6.39. The number of nitrogens with one attached hydrogen (secondary N) is 1. The molecule has 0 saturated heterocycles. The summed E-state index contributed by atoms with van der Waals surface area (Å²) in [5.41, 5.74) is 2.04. The fourth-order valence-corrected chi connectivity index (χ4v) is 6.26. The number of hydrogen-bond donors (Lipinski definition) is 1. The van der Waals surface area contributed by atoms with E-state index in [0.717, 1.165) is 32.6 Å². The van der Waals surface area contributed by atoms with Gasteiger partial charge in [0.1, 0.15) is 6.04 Å².